The molecular weight excluding hydrogens is 428 g/mol. The number of nitrogens with one attached hydrogen (secondary N) is 1. The molecule has 0 amide bonds. The third kappa shape index (κ3) is 5.09. The summed E-state index contributed by atoms with van der Waals surface area (Å²) in [5.74, 6) is 0.986. The monoisotopic (exact) mass is 458 g/mol. The average Bonchev–Trinajstić information content (AvgIpc) is 3.26. The summed E-state index contributed by atoms with van der Waals surface area (Å²) in [4.78, 5) is 7.38. The van der Waals surface area contributed by atoms with Crippen LogP contribution in [0.3, 0.4) is 0 Å². The zero-order valence-electron chi connectivity index (χ0n) is 18.0. The minimum absolute atomic E-state index is 0. The largest absolute Gasteiger partial charge is 0.494 e. The summed E-state index contributed by atoms with van der Waals surface area (Å²) >= 11 is 1.83. The van der Waals surface area contributed by atoms with Crippen molar-refractivity contribution in [2.24, 2.45) is 0 Å². The molecule has 0 bridgehead atoms. The summed E-state index contributed by atoms with van der Waals surface area (Å²) in [5, 5.41) is 7.03. The van der Waals surface area contributed by atoms with Gasteiger partial charge in [-0.25, -0.2) is 0 Å². The highest BCUT2D eigenvalue weighted by Gasteiger charge is 2.18. The maximum Gasteiger partial charge on any atom is 0.119 e. The van der Waals surface area contributed by atoms with E-state index in [1.54, 1.807) is 0 Å². The molecule has 31 heavy (non-hydrogen) atoms. The fourth-order valence-electron chi connectivity index (χ4n) is 4.47. The van der Waals surface area contributed by atoms with Crippen LogP contribution in [0.15, 0.2) is 47.8 Å². The van der Waals surface area contributed by atoms with Crippen molar-refractivity contribution in [3.8, 4) is 5.75 Å². The van der Waals surface area contributed by atoms with Gasteiger partial charge in [-0.2, -0.15) is 0 Å². The molecular formula is C24H31ClN4OS. The van der Waals surface area contributed by atoms with Crippen molar-refractivity contribution in [1.29, 1.82) is 0 Å². The van der Waals surface area contributed by atoms with Crippen molar-refractivity contribution in [1.82, 2.24) is 9.80 Å². The number of hydrogen-bond donors (Lipinski definition) is 1. The van der Waals surface area contributed by atoms with E-state index in [9.17, 15) is 0 Å². The van der Waals surface area contributed by atoms with Crippen molar-refractivity contribution < 1.29 is 4.74 Å². The van der Waals surface area contributed by atoms with Gasteiger partial charge in [0.25, 0.3) is 0 Å². The highest BCUT2D eigenvalue weighted by atomic mass is 35.5. The molecule has 5 nitrogen and oxygen atoms in total. The summed E-state index contributed by atoms with van der Waals surface area (Å²) < 4.78 is 7.43. The summed E-state index contributed by atoms with van der Waals surface area (Å²) in [6, 6.07) is 15.3. The number of piperazine rings is 1. The molecule has 0 radical (unpaired) electrons. The predicted octanol–water partition coefficient (Wildman–Crippen LogP) is 4.73. The number of hydrogen-bond acceptors (Lipinski definition) is 6. The summed E-state index contributed by atoms with van der Waals surface area (Å²) in [6.07, 6.45) is 1.06. The van der Waals surface area contributed by atoms with E-state index in [2.05, 4.69) is 74.9 Å². The Labute approximate surface area is 195 Å². The molecule has 5 rings (SSSR count). The van der Waals surface area contributed by atoms with Gasteiger partial charge < -0.3 is 15.0 Å². The van der Waals surface area contributed by atoms with E-state index in [4.69, 9.17) is 4.74 Å². The quantitative estimate of drug-likeness (QED) is 0.540. The Morgan fingerprint density at radius 1 is 1.06 bits per heavy atom. The molecule has 1 N–H and O–H groups in total. The highest BCUT2D eigenvalue weighted by Crippen LogP contribution is 2.31. The van der Waals surface area contributed by atoms with Gasteiger partial charge in [0.05, 0.1) is 13.3 Å². The minimum atomic E-state index is 0. The van der Waals surface area contributed by atoms with Gasteiger partial charge in [0, 0.05) is 60.7 Å². The van der Waals surface area contributed by atoms with Crippen LogP contribution >= 0.6 is 23.7 Å². The van der Waals surface area contributed by atoms with Gasteiger partial charge in [0.15, 0.2) is 0 Å². The average molecular weight is 459 g/mol. The van der Waals surface area contributed by atoms with Crippen LogP contribution in [0, 0.1) is 0 Å². The Balaban J connectivity index is 0.00000231. The molecule has 1 fully saturated rings. The first-order valence-electron chi connectivity index (χ1n) is 10.9. The fraction of sp³-hybridized carbons (Fsp3) is 0.417. The van der Waals surface area contributed by atoms with Gasteiger partial charge >= 0.3 is 0 Å². The summed E-state index contributed by atoms with van der Waals surface area (Å²) in [6.45, 7) is 8.20. The van der Waals surface area contributed by atoms with Gasteiger partial charge in [-0.05, 0) is 60.8 Å². The van der Waals surface area contributed by atoms with Gasteiger partial charge in [0.2, 0.25) is 0 Å². The molecule has 3 aromatic rings. The van der Waals surface area contributed by atoms with E-state index in [1.807, 2.05) is 11.3 Å². The molecule has 3 heterocycles. The Hall–Kier alpha value is -1.99. The number of benzene rings is 2. The molecule has 2 aliphatic heterocycles. The van der Waals surface area contributed by atoms with E-state index >= 15 is 0 Å². The van der Waals surface area contributed by atoms with E-state index in [-0.39, 0.29) is 12.4 Å². The molecule has 2 aliphatic rings. The zero-order chi connectivity index (χ0) is 20.3. The van der Waals surface area contributed by atoms with Crippen molar-refractivity contribution in [3.63, 3.8) is 0 Å². The molecule has 0 saturated carbocycles. The number of halogens is 1. The molecule has 7 heteroatoms. The first kappa shape index (κ1) is 22.2. The van der Waals surface area contributed by atoms with E-state index < -0.39 is 0 Å². The lowest BCUT2D eigenvalue weighted by molar-refractivity contribution is 0.224. The van der Waals surface area contributed by atoms with E-state index in [1.165, 1.54) is 27.0 Å². The second-order valence-electron chi connectivity index (χ2n) is 8.31. The van der Waals surface area contributed by atoms with Crippen LogP contribution in [0.25, 0.3) is 10.1 Å². The first-order chi connectivity index (χ1) is 14.8. The lowest BCUT2D eigenvalue weighted by atomic mass is 10.1. The zero-order valence-corrected chi connectivity index (χ0v) is 19.7. The number of fused-ring (bicyclic) bond motifs is 2. The van der Waals surface area contributed by atoms with E-state index in [0.717, 1.165) is 64.7 Å². The molecule has 1 saturated heterocycles. The Kier molecular flexibility index (Phi) is 7.23. The SMILES string of the molecule is CN1CNc2ccc(OCCCN3CCN(c4cccc5sccc45)CC3)cc2C1.Cl. The van der Waals surface area contributed by atoms with Gasteiger partial charge in [-0.15, -0.1) is 23.7 Å². The van der Waals surface area contributed by atoms with Gasteiger partial charge in [-0.1, -0.05) is 6.07 Å². The van der Waals surface area contributed by atoms with E-state index in [0.29, 0.717) is 0 Å². The first-order valence-corrected chi connectivity index (χ1v) is 11.8. The van der Waals surface area contributed by atoms with Crippen LogP contribution in [0.1, 0.15) is 12.0 Å². The number of anilines is 2. The highest BCUT2D eigenvalue weighted by molar-refractivity contribution is 7.17. The Bertz CT molecular complexity index is 1000. The van der Waals surface area contributed by atoms with Crippen molar-refractivity contribution in [2.75, 3.05) is 63.3 Å². The normalized spacial score (nSPS) is 17.1. The molecule has 0 atom stereocenters. The summed E-state index contributed by atoms with van der Waals surface area (Å²) in [5.41, 5.74) is 3.94. The standard InChI is InChI=1S/C24H30N4OS.ClH/c1-26-17-19-16-20(6-7-22(19)25-18-26)29-14-3-9-27-10-12-28(13-11-27)23-4-2-5-24-21(23)8-15-30-24;/h2,4-8,15-16,25H,3,9-14,17-18H2,1H3;1H. The molecule has 1 aromatic heterocycles. The summed E-state index contributed by atoms with van der Waals surface area (Å²) in [7, 11) is 2.13. The van der Waals surface area contributed by atoms with Crippen molar-refractivity contribution >= 4 is 45.2 Å². The number of nitrogens with zero attached hydrogens (tertiary/aromatic N) is 3. The minimum Gasteiger partial charge on any atom is -0.494 e. The Morgan fingerprint density at radius 3 is 2.81 bits per heavy atom. The number of rotatable bonds is 6. The van der Waals surface area contributed by atoms with Crippen LogP contribution < -0.4 is 15.0 Å². The van der Waals surface area contributed by atoms with Gasteiger partial charge in [-0.3, -0.25) is 9.80 Å². The molecule has 0 aliphatic carbocycles. The predicted molar refractivity (Wildman–Crippen MR) is 134 cm³/mol. The van der Waals surface area contributed by atoms with Crippen LogP contribution in [-0.4, -0.2) is 62.8 Å². The maximum atomic E-state index is 6.05. The van der Waals surface area contributed by atoms with Crippen LogP contribution in [0.5, 0.6) is 5.75 Å². The van der Waals surface area contributed by atoms with Crippen molar-refractivity contribution in [3.05, 3.63) is 53.4 Å². The van der Waals surface area contributed by atoms with Crippen LogP contribution in [-0.2, 0) is 6.54 Å². The maximum absolute atomic E-state index is 6.05. The molecule has 0 spiro atoms. The lowest BCUT2D eigenvalue weighted by Gasteiger charge is -2.36. The third-order valence-corrected chi connectivity index (χ3v) is 7.01. The molecule has 166 valence electrons. The van der Waals surface area contributed by atoms with Crippen LogP contribution in [0.2, 0.25) is 0 Å². The topological polar surface area (TPSA) is 31.0 Å². The smallest absolute Gasteiger partial charge is 0.119 e. The molecule has 0 unspecified atom stereocenters. The second kappa shape index (κ2) is 10.1. The van der Waals surface area contributed by atoms with Crippen molar-refractivity contribution in [2.45, 2.75) is 13.0 Å². The Morgan fingerprint density at radius 2 is 1.94 bits per heavy atom. The van der Waals surface area contributed by atoms with Gasteiger partial charge in [0.1, 0.15) is 5.75 Å². The lowest BCUT2D eigenvalue weighted by Crippen LogP contribution is -2.46. The number of ether oxygens (including phenoxy) is 1. The molecule has 2 aromatic carbocycles. The van der Waals surface area contributed by atoms with Crippen LogP contribution in [0.4, 0.5) is 11.4 Å². The fourth-order valence-corrected chi connectivity index (χ4v) is 5.28. The third-order valence-electron chi connectivity index (χ3n) is 6.13. The second-order valence-corrected chi connectivity index (χ2v) is 9.26. The number of thiophene rings is 1.